The molecule has 2 unspecified atom stereocenters. The van der Waals surface area contributed by atoms with Crippen molar-refractivity contribution in [2.75, 3.05) is 6.61 Å². The molecule has 0 amide bonds. The minimum Gasteiger partial charge on any atom is -0.284 e. The molecule has 0 aromatic heterocycles. The minimum absolute atomic E-state index is 0.207. The smallest absolute Gasteiger partial charge is 0.145 e. The van der Waals surface area contributed by atoms with Gasteiger partial charge in [0, 0.05) is 12.5 Å². The fourth-order valence-electron chi connectivity index (χ4n) is 0.884. The highest BCUT2D eigenvalue weighted by Crippen LogP contribution is 2.18. The van der Waals surface area contributed by atoms with Gasteiger partial charge in [-0.05, 0) is 0 Å². The molecule has 0 spiro atoms. The van der Waals surface area contributed by atoms with Crippen molar-refractivity contribution in [3.63, 3.8) is 0 Å². The summed E-state index contributed by atoms with van der Waals surface area (Å²) in [4.78, 5) is 9.40. The molecule has 0 saturated carbocycles. The Morgan fingerprint density at radius 2 is 2.43 bits per heavy atom. The van der Waals surface area contributed by atoms with Crippen LogP contribution in [0.2, 0.25) is 0 Å². The van der Waals surface area contributed by atoms with E-state index in [1.54, 1.807) is 0 Å². The van der Waals surface area contributed by atoms with E-state index in [9.17, 15) is 0 Å². The van der Waals surface area contributed by atoms with Gasteiger partial charge in [-0.15, -0.1) is 0 Å². The third kappa shape index (κ3) is 0.459. The lowest BCUT2D eigenvalue weighted by atomic mass is 10.1. The van der Waals surface area contributed by atoms with Crippen LogP contribution in [0.3, 0.4) is 0 Å². The Morgan fingerprint density at radius 1 is 1.57 bits per heavy atom. The van der Waals surface area contributed by atoms with Crippen molar-refractivity contribution in [1.29, 1.82) is 0 Å². The molecule has 7 heavy (non-hydrogen) atoms. The highest BCUT2D eigenvalue weighted by Gasteiger charge is 2.34. The summed E-state index contributed by atoms with van der Waals surface area (Å²) in [5.41, 5.74) is 0. The van der Waals surface area contributed by atoms with E-state index in [0.29, 0.717) is 6.04 Å². The zero-order valence-corrected chi connectivity index (χ0v) is 3.89. The van der Waals surface area contributed by atoms with Gasteiger partial charge in [-0.1, -0.05) is 0 Å². The van der Waals surface area contributed by atoms with Gasteiger partial charge in [0.1, 0.15) is 6.23 Å². The van der Waals surface area contributed by atoms with Gasteiger partial charge in [-0.25, -0.2) is 9.78 Å². The van der Waals surface area contributed by atoms with E-state index in [-0.39, 0.29) is 6.23 Å². The monoisotopic (exact) mass is 101 g/mol. The predicted molar refractivity (Wildman–Crippen MR) is 22.4 cm³/mol. The Morgan fingerprint density at radius 3 is 2.57 bits per heavy atom. The van der Waals surface area contributed by atoms with E-state index in [0.717, 1.165) is 13.0 Å². The summed E-state index contributed by atoms with van der Waals surface area (Å²) < 4.78 is 0. The lowest BCUT2D eigenvalue weighted by Gasteiger charge is -2.40. The summed E-state index contributed by atoms with van der Waals surface area (Å²) in [5.74, 6) is 0. The predicted octanol–water partition coefficient (Wildman–Crippen LogP) is -0.364. The Balaban J connectivity index is 1.99. The molecule has 0 aromatic carbocycles. The van der Waals surface area contributed by atoms with Crippen molar-refractivity contribution in [2.45, 2.75) is 18.7 Å². The first-order chi connectivity index (χ1) is 3.45. The van der Waals surface area contributed by atoms with Crippen LogP contribution in [0.1, 0.15) is 6.42 Å². The van der Waals surface area contributed by atoms with Gasteiger partial charge in [0.15, 0.2) is 0 Å². The summed E-state index contributed by atoms with van der Waals surface area (Å²) in [6.45, 7) is 0.719. The molecular weight excluding hydrogens is 94.0 g/mol. The number of rotatable bonds is 0. The summed E-state index contributed by atoms with van der Waals surface area (Å²) >= 11 is 0. The van der Waals surface area contributed by atoms with E-state index in [4.69, 9.17) is 4.89 Å². The molecule has 3 nitrogen and oxygen atoms in total. The largest absolute Gasteiger partial charge is 0.284 e. The van der Waals surface area contributed by atoms with Crippen LogP contribution in [-0.2, 0) is 9.78 Å². The molecule has 40 valence electrons. The normalized spacial score (nSPS) is 48.0. The van der Waals surface area contributed by atoms with Gasteiger partial charge in [0.25, 0.3) is 0 Å². The van der Waals surface area contributed by atoms with Crippen molar-refractivity contribution in [3.05, 3.63) is 0 Å². The molecule has 3 rings (SSSR count). The number of fused-ring (bicyclic) bond motifs is 2. The van der Waals surface area contributed by atoms with Crippen LogP contribution in [0.4, 0.5) is 0 Å². The maximum Gasteiger partial charge on any atom is 0.145 e. The number of hydrogen-bond donors (Lipinski definition) is 1. The Bertz CT molecular complexity index is 66.2. The van der Waals surface area contributed by atoms with Crippen molar-refractivity contribution in [2.24, 2.45) is 0 Å². The van der Waals surface area contributed by atoms with Crippen LogP contribution in [0.15, 0.2) is 0 Å². The molecule has 1 N–H and O–H groups in total. The molecular formula is C4H7NO2. The van der Waals surface area contributed by atoms with E-state index in [1.807, 2.05) is 0 Å². The fraction of sp³-hybridized carbons (Fsp3) is 1.00. The molecule has 3 aliphatic heterocycles. The SMILES string of the molecule is C1OOC2CC1N2. The molecule has 0 aromatic rings. The Labute approximate surface area is 41.5 Å². The maximum atomic E-state index is 4.73. The summed E-state index contributed by atoms with van der Waals surface area (Å²) in [5, 5.41) is 3.13. The third-order valence-electron chi connectivity index (χ3n) is 1.37. The summed E-state index contributed by atoms with van der Waals surface area (Å²) in [7, 11) is 0. The summed E-state index contributed by atoms with van der Waals surface area (Å²) in [6.07, 6.45) is 1.33. The van der Waals surface area contributed by atoms with Gasteiger partial charge in [-0.2, -0.15) is 0 Å². The quantitative estimate of drug-likeness (QED) is 0.422. The van der Waals surface area contributed by atoms with Crippen LogP contribution in [-0.4, -0.2) is 18.9 Å². The van der Waals surface area contributed by atoms with E-state index in [1.165, 1.54) is 0 Å². The van der Waals surface area contributed by atoms with Gasteiger partial charge in [-0.3, -0.25) is 5.32 Å². The molecule has 0 aliphatic carbocycles. The molecule has 0 radical (unpaired) electrons. The number of hydrogen-bond acceptors (Lipinski definition) is 3. The first-order valence-electron chi connectivity index (χ1n) is 2.49. The zero-order valence-electron chi connectivity index (χ0n) is 3.89. The van der Waals surface area contributed by atoms with E-state index < -0.39 is 0 Å². The molecule has 3 heteroatoms. The van der Waals surface area contributed by atoms with Crippen LogP contribution < -0.4 is 5.32 Å². The van der Waals surface area contributed by atoms with E-state index in [2.05, 4.69) is 10.2 Å². The topological polar surface area (TPSA) is 30.5 Å². The van der Waals surface area contributed by atoms with Crippen LogP contribution in [0.25, 0.3) is 0 Å². The highest BCUT2D eigenvalue weighted by molar-refractivity contribution is 4.83. The second-order valence-electron chi connectivity index (χ2n) is 1.97. The lowest BCUT2D eigenvalue weighted by Crippen LogP contribution is -2.59. The fourth-order valence-corrected chi connectivity index (χ4v) is 0.884. The molecule has 3 saturated heterocycles. The Hall–Kier alpha value is -0.120. The van der Waals surface area contributed by atoms with Crippen LogP contribution in [0, 0.1) is 0 Å². The van der Waals surface area contributed by atoms with Gasteiger partial charge < -0.3 is 0 Å². The average molecular weight is 101 g/mol. The van der Waals surface area contributed by atoms with Crippen molar-refractivity contribution >= 4 is 0 Å². The molecule has 2 atom stereocenters. The molecule has 2 bridgehead atoms. The lowest BCUT2D eigenvalue weighted by molar-refractivity contribution is -0.390. The summed E-state index contributed by atoms with van der Waals surface area (Å²) in [6, 6.07) is 0.582. The van der Waals surface area contributed by atoms with Crippen LogP contribution in [0.5, 0.6) is 0 Å². The van der Waals surface area contributed by atoms with Crippen molar-refractivity contribution < 1.29 is 9.78 Å². The second kappa shape index (κ2) is 1.18. The molecule has 3 fully saturated rings. The standard InChI is InChI=1S/C4H7NO2/c1-3-2-6-7-4(1)5-3/h3-5H,1-2H2. The number of nitrogens with one attached hydrogen (secondary N) is 1. The van der Waals surface area contributed by atoms with Crippen molar-refractivity contribution in [1.82, 2.24) is 5.32 Å². The van der Waals surface area contributed by atoms with Gasteiger partial charge >= 0.3 is 0 Å². The highest BCUT2D eigenvalue weighted by atomic mass is 17.2. The Kier molecular flexibility index (Phi) is 0.647. The first kappa shape index (κ1) is 3.83. The van der Waals surface area contributed by atoms with E-state index >= 15 is 0 Å². The molecule has 3 heterocycles. The maximum absolute atomic E-state index is 4.73. The first-order valence-corrected chi connectivity index (χ1v) is 2.49. The zero-order chi connectivity index (χ0) is 4.69. The second-order valence-corrected chi connectivity index (χ2v) is 1.97. The minimum atomic E-state index is 0.207. The van der Waals surface area contributed by atoms with Gasteiger partial charge in [0.2, 0.25) is 0 Å². The molecule has 3 aliphatic rings. The van der Waals surface area contributed by atoms with Crippen molar-refractivity contribution in [3.8, 4) is 0 Å². The third-order valence-corrected chi connectivity index (χ3v) is 1.37. The van der Waals surface area contributed by atoms with Crippen LogP contribution >= 0.6 is 0 Å². The van der Waals surface area contributed by atoms with Gasteiger partial charge in [0.05, 0.1) is 6.61 Å². The average Bonchev–Trinajstić information content (AvgIpc) is 1.67.